The van der Waals surface area contributed by atoms with Crippen LogP contribution in [-0.2, 0) is 4.74 Å². The van der Waals surface area contributed by atoms with E-state index in [1.807, 2.05) is 0 Å². The number of methoxy groups -OCH3 is 1. The molecule has 1 aliphatic rings. The second-order valence-electron chi connectivity index (χ2n) is 3.93. The van der Waals surface area contributed by atoms with Crippen LogP contribution in [0.2, 0.25) is 0 Å². The Kier molecular flexibility index (Phi) is 4.23. The molecule has 1 rings (SSSR count). The van der Waals surface area contributed by atoms with Crippen molar-refractivity contribution < 1.29 is 4.74 Å². The molecule has 0 aromatic heterocycles. The minimum atomic E-state index is 0.696. The van der Waals surface area contributed by atoms with E-state index in [1.165, 1.54) is 18.4 Å². The Labute approximate surface area is 81.5 Å². The average molecular weight is 180 g/mol. The molecule has 0 heterocycles. The van der Waals surface area contributed by atoms with Gasteiger partial charge in [0, 0.05) is 13.7 Å². The highest BCUT2D eigenvalue weighted by molar-refractivity contribution is 5.22. The van der Waals surface area contributed by atoms with E-state index in [4.69, 9.17) is 4.74 Å². The van der Waals surface area contributed by atoms with Crippen LogP contribution in [0.5, 0.6) is 0 Å². The number of allylic oxidation sites excluding steroid dienone is 4. The summed E-state index contributed by atoms with van der Waals surface area (Å²) >= 11 is 0. The third kappa shape index (κ3) is 3.35. The lowest BCUT2D eigenvalue weighted by Gasteiger charge is -2.21. The molecule has 2 unspecified atom stereocenters. The third-order valence-electron chi connectivity index (χ3n) is 2.69. The number of rotatable bonds is 4. The van der Waals surface area contributed by atoms with Gasteiger partial charge in [-0.25, -0.2) is 0 Å². The fraction of sp³-hybridized carbons (Fsp3) is 0.667. The summed E-state index contributed by atoms with van der Waals surface area (Å²) in [7, 11) is 1.77. The molecule has 13 heavy (non-hydrogen) atoms. The maximum atomic E-state index is 5.05. The Balaban J connectivity index is 2.32. The van der Waals surface area contributed by atoms with Crippen molar-refractivity contribution in [2.45, 2.75) is 26.7 Å². The van der Waals surface area contributed by atoms with Crippen molar-refractivity contribution in [3.63, 3.8) is 0 Å². The molecule has 2 atom stereocenters. The van der Waals surface area contributed by atoms with Gasteiger partial charge in [0.15, 0.2) is 0 Å². The maximum absolute atomic E-state index is 5.05. The predicted molar refractivity (Wildman–Crippen MR) is 56.7 cm³/mol. The number of hydrogen-bond acceptors (Lipinski definition) is 1. The van der Waals surface area contributed by atoms with Crippen LogP contribution < -0.4 is 0 Å². The summed E-state index contributed by atoms with van der Waals surface area (Å²) in [6, 6.07) is 0. The molecule has 0 saturated heterocycles. The van der Waals surface area contributed by atoms with Gasteiger partial charge in [-0.15, -0.1) is 0 Å². The van der Waals surface area contributed by atoms with Gasteiger partial charge in [-0.1, -0.05) is 30.7 Å². The Morgan fingerprint density at radius 1 is 1.46 bits per heavy atom. The topological polar surface area (TPSA) is 9.23 Å². The lowest BCUT2D eigenvalue weighted by Crippen LogP contribution is -2.11. The lowest BCUT2D eigenvalue weighted by molar-refractivity contribution is 0.187. The van der Waals surface area contributed by atoms with Crippen LogP contribution in [0.3, 0.4) is 0 Å². The Bertz CT molecular complexity index is 203. The zero-order valence-electron chi connectivity index (χ0n) is 8.92. The smallest absolute Gasteiger partial charge is 0.0462 e. The van der Waals surface area contributed by atoms with Crippen molar-refractivity contribution in [2.24, 2.45) is 11.8 Å². The fourth-order valence-corrected chi connectivity index (χ4v) is 1.87. The second-order valence-corrected chi connectivity index (χ2v) is 3.93. The van der Waals surface area contributed by atoms with Crippen molar-refractivity contribution in [1.82, 2.24) is 0 Å². The molecule has 0 amide bonds. The van der Waals surface area contributed by atoms with Crippen LogP contribution >= 0.6 is 0 Å². The van der Waals surface area contributed by atoms with Crippen molar-refractivity contribution in [3.8, 4) is 0 Å². The van der Waals surface area contributed by atoms with Gasteiger partial charge in [0.1, 0.15) is 0 Å². The second kappa shape index (κ2) is 5.23. The molecule has 0 aromatic carbocycles. The molecule has 0 N–H and O–H groups in total. The normalized spacial score (nSPS) is 27.5. The van der Waals surface area contributed by atoms with Crippen LogP contribution in [0.25, 0.3) is 0 Å². The molecule has 1 heteroatoms. The first-order valence-electron chi connectivity index (χ1n) is 5.09. The van der Waals surface area contributed by atoms with Crippen molar-refractivity contribution in [1.29, 1.82) is 0 Å². The van der Waals surface area contributed by atoms with Gasteiger partial charge in [0.2, 0.25) is 0 Å². The molecule has 0 spiro atoms. The van der Waals surface area contributed by atoms with Crippen LogP contribution in [-0.4, -0.2) is 13.7 Å². The third-order valence-corrected chi connectivity index (χ3v) is 2.69. The highest BCUT2D eigenvalue weighted by Crippen LogP contribution is 2.26. The highest BCUT2D eigenvalue weighted by Gasteiger charge is 2.14. The highest BCUT2D eigenvalue weighted by atomic mass is 16.5. The summed E-state index contributed by atoms with van der Waals surface area (Å²) < 4.78 is 5.05. The van der Waals surface area contributed by atoms with E-state index in [0.717, 1.165) is 12.5 Å². The van der Waals surface area contributed by atoms with E-state index in [2.05, 4.69) is 32.1 Å². The van der Waals surface area contributed by atoms with Gasteiger partial charge in [0.05, 0.1) is 0 Å². The fourth-order valence-electron chi connectivity index (χ4n) is 1.87. The molecular weight excluding hydrogens is 160 g/mol. The molecule has 0 aromatic rings. The predicted octanol–water partition coefficient (Wildman–Crippen LogP) is 3.18. The molecule has 74 valence electrons. The first-order valence-corrected chi connectivity index (χ1v) is 5.09. The average Bonchev–Trinajstić information content (AvgIpc) is 2.09. The molecule has 0 radical (unpaired) electrons. The van der Waals surface area contributed by atoms with Crippen LogP contribution in [0.4, 0.5) is 0 Å². The minimum Gasteiger partial charge on any atom is -0.385 e. The van der Waals surface area contributed by atoms with Gasteiger partial charge in [-0.2, -0.15) is 0 Å². The Morgan fingerprint density at radius 3 is 2.85 bits per heavy atom. The van der Waals surface area contributed by atoms with Crippen molar-refractivity contribution >= 4 is 0 Å². The maximum Gasteiger partial charge on any atom is 0.0462 e. The first-order chi connectivity index (χ1) is 6.24. The number of hydrogen-bond donors (Lipinski definition) is 0. The molecule has 0 fully saturated rings. The summed E-state index contributed by atoms with van der Waals surface area (Å²) in [5.74, 6) is 1.42. The van der Waals surface area contributed by atoms with E-state index in [9.17, 15) is 0 Å². The van der Waals surface area contributed by atoms with Crippen LogP contribution in [0.15, 0.2) is 23.8 Å². The number of ether oxygens (including phenoxy) is 1. The first kappa shape index (κ1) is 10.5. The van der Waals surface area contributed by atoms with E-state index in [-0.39, 0.29) is 0 Å². The summed E-state index contributed by atoms with van der Waals surface area (Å²) in [5, 5.41) is 0. The Hall–Kier alpha value is -0.560. The quantitative estimate of drug-likeness (QED) is 0.604. The van der Waals surface area contributed by atoms with Gasteiger partial charge >= 0.3 is 0 Å². The zero-order chi connectivity index (χ0) is 9.68. The van der Waals surface area contributed by atoms with Crippen molar-refractivity contribution in [2.75, 3.05) is 13.7 Å². The summed E-state index contributed by atoms with van der Waals surface area (Å²) in [6.45, 7) is 5.35. The lowest BCUT2D eigenvalue weighted by atomic mass is 9.84. The molecule has 1 nitrogen and oxygen atoms in total. The Morgan fingerprint density at radius 2 is 2.23 bits per heavy atom. The summed E-state index contributed by atoms with van der Waals surface area (Å²) in [6.07, 6.45) is 9.35. The molecule has 0 bridgehead atoms. The van der Waals surface area contributed by atoms with Crippen molar-refractivity contribution in [3.05, 3.63) is 23.8 Å². The molecular formula is C12H20O. The van der Waals surface area contributed by atoms with Crippen LogP contribution in [0, 0.1) is 11.8 Å². The standard InChI is InChI=1S/C12H20O/c1-10-6-7-12(11(2)9-10)5-4-8-13-3/h6-7,9,11-12H,4-5,8H2,1-3H3. The zero-order valence-corrected chi connectivity index (χ0v) is 8.92. The van der Waals surface area contributed by atoms with Gasteiger partial charge in [-0.3, -0.25) is 0 Å². The summed E-state index contributed by atoms with van der Waals surface area (Å²) in [4.78, 5) is 0. The van der Waals surface area contributed by atoms with E-state index < -0.39 is 0 Å². The molecule has 0 saturated carbocycles. The van der Waals surface area contributed by atoms with Crippen LogP contribution in [0.1, 0.15) is 26.7 Å². The molecule has 1 aliphatic carbocycles. The largest absolute Gasteiger partial charge is 0.385 e. The minimum absolute atomic E-state index is 0.696. The van der Waals surface area contributed by atoms with E-state index >= 15 is 0 Å². The summed E-state index contributed by atoms with van der Waals surface area (Å²) in [5.41, 5.74) is 1.40. The van der Waals surface area contributed by atoms with E-state index in [1.54, 1.807) is 7.11 Å². The van der Waals surface area contributed by atoms with Gasteiger partial charge in [-0.05, 0) is 31.6 Å². The molecule has 0 aliphatic heterocycles. The van der Waals surface area contributed by atoms with Gasteiger partial charge < -0.3 is 4.74 Å². The van der Waals surface area contributed by atoms with Gasteiger partial charge in [0.25, 0.3) is 0 Å². The monoisotopic (exact) mass is 180 g/mol. The van der Waals surface area contributed by atoms with E-state index in [0.29, 0.717) is 5.92 Å². The SMILES string of the molecule is COCCCC1C=CC(C)=CC1C.